The fraction of sp³-hybridized carbons (Fsp3) is 0.412. The van der Waals surface area contributed by atoms with Crippen LogP contribution < -0.4 is 5.32 Å². The second kappa shape index (κ2) is 7.37. The molecule has 6 heteroatoms. The van der Waals surface area contributed by atoms with E-state index >= 15 is 0 Å². The van der Waals surface area contributed by atoms with E-state index in [1.807, 2.05) is 20.8 Å². The molecular formula is C17H22FN3O2. The Hall–Kier alpha value is -2.21. The molecule has 1 atom stereocenters. The van der Waals surface area contributed by atoms with Crippen LogP contribution in [-0.4, -0.2) is 28.5 Å². The van der Waals surface area contributed by atoms with Crippen molar-refractivity contribution in [3.05, 3.63) is 53.9 Å². The second-order valence-corrected chi connectivity index (χ2v) is 6.11. The zero-order valence-corrected chi connectivity index (χ0v) is 13.6. The normalized spacial score (nSPS) is 12.9. The van der Waals surface area contributed by atoms with Gasteiger partial charge in [0, 0.05) is 17.9 Å². The van der Waals surface area contributed by atoms with Gasteiger partial charge >= 0.3 is 0 Å². The highest BCUT2D eigenvalue weighted by Gasteiger charge is 2.31. The molecule has 0 saturated carbocycles. The molecular weight excluding hydrogens is 297 g/mol. The number of nitrogens with zero attached hydrogens (tertiary/aromatic N) is 1. The van der Waals surface area contributed by atoms with E-state index in [9.17, 15) is 9.18 Å². The van der Waals surface area contributed by atoms with Crippen molar-refractivity contribution in [3.8, 4) is 0 Å². The molecule has 124 valence electrons. The lowest BCUT2D eigenvalue weighted by Crippen LogP contribution is -2.45. The maximum absolute atomic E-state index is 12.8. The molecule has 0 spiro atoms. The maximum atomic E-state index is 12.8. The molecule has 0 unspecified atom stereocenters. The summed E-state index contributed by atoms with van der Waals surface area (Å²) < 4.78 is 18.4. The highest BCUT2D eigenvalue weighted by atomic mass is 19.1. The first kappa shape index (κ1) is 17.1. The van der Waals surface area contributed by atoms with Gasteiger partial charge in [-0.25, -0.2) is 9.37 Å². The number of halogens is 1. The van der Waals surface area contributed by atoms with E-state index in [2.05, 4.69) is 15.3 Å². The summed E-state index contributed by atoms with van der Waals surface area (Å²) in [6.07, 6.45) is 3.20. The molecule has 0 fully saturated rings. The average molecular weight is 319 g/mol. The quantitative estimate of drug-likeness (QED) is 0.824. The van der Waals surface area contributed by atoms with Gasteiger partial charge in [0.2, 0.25) is 5.91 Å². The van der Waals surface area contributed by atoms with Crippen molar-refractivity contribution in [2.75, 3.05) is 6.61 Å². The Morgan fingerprint density at radius 1 is 1.39 bits per heavy atom. The van der Waals surface area contributed by atoms with Crippen LogP contribution in [0.5, 0.6) is 0 Å². The number of carbonyl (C=O) groups excluding carboxylic acids is 1. The van der Waals surface area contributed by atoms with Gasteiger partial charge in [-0.05, 0) is 38.5 Å². The van der Waals surface area contributed by atoms with Crippen LogP contribution in [0.2, 0.25) is 0 Å². The van der Waals surface area contributed by atoms with Gasteiger partial charge in [-0.3, -0.25) is 4.79 Å². The molecule has 5 nitrogen and oxygen atoms in total. The number of hydrogen-bond acceptors (Lipinski definition) is 3. The smallest absolute Gasteiger partial charge is 0.231 e. The van der Waals surface area contributed by atoms with Gasteiger partial charge < -0.3 is 15.0 Å². The van der Waals surface area contributed by atoms with Crippen molar-refractivity contribution in [2.24, 2.45) is 0 Å². The topological polar surface area (TPSA) is 67.0 Å². The van der Waals surface area contributed by atoms with Crippen LogP contribution in [0.15, 0.2) is 36.8 Å². The van der Waals surface area contributed by atoms with Crippen molar-refractivity contribution in [1.82, 2.24) is 15.3 Å². The number of imidazole rings is 1. The summed E-state index contributed by atoms with van der Waals surface area (Å²) in [4.78, 5) is 19.3. The van der Waals surface area contributed by atoms with Gasteiger partial charge in [-0.1, -0.05) is 12.1 Å². The summed E-state index contributed by atoms with van der Waals surface area (Å²) in [6, 6.07) is 6.03. The Labute approximate surface area is 135 Å². The van der Waals surface area contributed by atoms with E-state index in [1.54, 1.807) is 24.7 Å². The van der Waals surface area contributed by atoms with E-state index in [1.165, 1.54) is 12.1 Å². The molecule has 0 bridgehead atoms. The first-order valence-electron chi connectivity index (χ1n) is 7.51. The summed E-state index contributed by atoms with van der Waals surface area (Å²) in [5.74, 6) is -0.366. The molecule has 23 heavy (non-hydrogen) atoms. The molecule has 1 aromatic heterocycles. The van der Waals surface area contributed by atoms with Crippen molar-refractivity contribution in [3.63, 3.8) is 0 Å². The fourth-order valence-electron chi connectivity index (χ4n) is 2.10. The number of H-pyrrole nitrogens is 1. The molecule has 0 aliphatic carbocycles. The number of carbonyl (C=O) groups is 1. The number of benzene rings is 1. The first-order valence-corrected chi connectivity index (χ1v) is 7.51. The maximum Gasteiger partial charge on any atom is 0.231 e. The number of hydrogen-bond donors (Lipinski definition) is 2. The van der Waals surface area contributed by atoms with Gasteiger partial charge in [-0.15, -0.1) is 0 Å². The van der Waals surface area contributed by atoms with E-state index in [4.69, 9.17) is 4.74 Å². The van der Waals surface area contributed by atoms with Crippen LogP contribution in [-0.2, 0) is 21.6 Å². The molecule has 1 aromatic carbocycles. The summed E-state index contributed by atoms with van der Waals surface area (Å²) in [7, 11) is 0. The molecule has 0 radical (unpaired) electrons. The predicted octanol–water partition coefficient (Wildman–Crippen LogP) is 2.55. The minimum Gasteiger partial charge on any atom is -0.375 e. The number of aromatic nitrogens is 2. The molecule has 2 rings (SSSR count). The summed E-state index contributed by atoms with van der Waals surface area (Å²) >= 11 is 0. The molecule has 0 saturated heterocycles. The minimum absolute atomic E-state index is 0.0976. The summed E-state index contributed by atoms with van der Waals surface area (Å²) in [6.45, 7) is 6.31. The van der Waals surface area contributed by atoms with Crippen molar-refractivity contribution >= 4 is 5.91 Å². The van der Waals surface area contributed by atoms with Crippen LogP contribution in [0.3, 0.4) is 0 Å². The fourth-order valence-corrected chi connectivity index (χ4v) is 2.10. The van der Waals surface area contributed by atoms with Crippen LogP contribution >= 0.6 is 0 Å². The minimum atomic E-state index is -0.693. The van der Waals surface area contributed by atoms with E-state index in [0.29, 0.717) is 13.2 Å². The number of rotatable bonds is 7. The lowest BCUT2D eigenvalue weighted by molar-refractivity contribution is -0.126. The lowest BCUT2D eigenvalue weighted by Gasteiger charge is -2.24. The highest BCUT2D eigenvalue weighted by Crippen LogP contribution is 2.20. The molecule has 2 aromatic rings. The number of aromatic amines is 1. The second-order valence-electron chi connectivity index (χ2n) is 6.11. The monoisotopic (exact) mass is 319 g/mol. The van der Waals surface area contributed by atoms with Gasteiger partial charge in [0.1, 0.15) is 5.82 Å². The molecule has 0 aliphatic rings. The van der Waals surface area contributed by atoms with E-state index < -0.39 is 5.41 Å². The largest absolute Gasteiger partial charge is 0.375 e. The predicted molar refractivity (Wildman–Crippen MR) is 85.3 cm³/mol. The third kappa shape index (κ3) is 4.63. The van der Waals surface area contributed by atoms with Crippen molar-refractivity contribution < 1.29 is 13.9 Å². The Morgan fingerprint density at radius 3 is 2.70 bits per heavy atom. The number of nitrogens with one attached hydrogen (secondary N) is 2. The Bertz CT molecular complexity index is 624. The Kier molecular flexibility index (Phi) is 5.50. The Morgan fingerprint density at radius 2 is 2.09 bits per heavy atom. The Balaban J connectivity index is 1.79. The molecule has 1 heterocycles. The standard InChI is InChI=1S/C17H22FN3O2/c1-12(9-23-10-13-4-6-14(18)7-5-13)21-16(22)17(2,3)15-8-19-11-20-15/h4-8,11-12H,9-10H2,1-3H3,(H,19,20)(H,21,22)/t12-/m1/s1. The zero-order valence-electron chi connectivity index (χ0n) is 13.6. The summed E-state index contributed by atoms with van der Waals surface area (Å²) in [5, 5.41) is 2.93. The van der Waals surface area contributed by atoms with E-state index in [-0.39, 0.29) is 17.8 Å². The third-order valence-corrected chi connectivity index (χ3v) is 3.67. The average Bonchev–Trinajstić information content (AvgIpc) is 3.04. The van der Waals surface area contributed by atoms with Gasteiger partial charge in [0.25, 0.3) is 0 Å². The third-order valence-electron chi connectivity index (χ3n) is 3.67. The van der Waals surface area contributed by atoms with Crippen molar-refractivity contribution in [2.45, 2.75) is 38.8 Å². The lowest BCUT2D eigenvalue weighted by atomic mass is 9.88. The first-order chi connectivity index (χ1) is 10.9. The molecule has 1 amide bonds. The van der Waals surface area contributed by atoms with Crippen LogP contribution in [0.1, 0.15) is 32.0 Å². The molecule has 0 aliphatic heterocycles. The number of ether oxygens (including phenoxy) is 1. The van der Waals surface area contributed by atoms with Crippen LogP contribution in [0.25, 0.3) is 0 Å². The van der Waals surface area contributed by atoms with E-state index in [0.717, 1.165) is 11.3 Å². The SMILES string of the molecule is C[C@H](COCc1ccc(F)cc1)NC(=O)C(C)(C)c1cnc[nH]1. The van der Waals surface area contributed by atoms with Crippen LogP contribution in [0.4, 0.5) is 4.39 Å². The van der Waals surface area contributed by atoms with Gasteiger partial charge in [0.05, 0.1) is 25.0 Å². The van der Waals surface area contributed by atoms with Crippen LogP contribution in [0, 0.1) is 5.82 Å². The highest BCUT2D eigenvalue weighted by molar-refractivity contribution is 5.86. The van der Waals surface area contributed by atoms with Crippen molar-refractivity contribution in [1.29, 1.82) is 0 Å². The summed E-state index contributed by atoms with van der Waals surface area (Å²) in [5.41, 5.74) is 0.957. The van der Waals surface area contributed by atoms with Gasteiger partial charge in [-0.2, -0.15) is 0 Å². The molecule has 2 N–H and O–H groups in total. The number of amides is 1. The van der Waals surface area contributed by atoms with Gasteiger partial charge in [0.15, 0.2) is 0 Å². The zero-order chi connectivity index (χ0) is 16.9.